The van der Waals surface area contributed by atoms with Crippen molar-refractivity contribution in [2.24, 2.45) is 0 Å². The molecule has 2 aromatic rings. The van der Waals surface area contributed by atoms with E-state index in [-0.39, 0.29) is 13.2 Å². The van der Waals surface area contributed by atoms with Gasteiger partial charge in [0.2, 0.25) is 0 Å². The third-order valence-corrected chi connectivity index (χ3v) is 2.86. The van der Waals surface area contributed by atoms with E-state index in [1.54, 1.807) is 24.3 Å². The fraction of sp³-hybridized carbons (Fsp3) is 0.235. The zero-order valence-corrected chi connectivity index (χ0v) is 11.6. The van der Waals surface area contributed by atoms with Gasteiger partial charge in [0.25, 0.3) is 0 Å². The van der Waals surface area contributed by atoms with Crippen molar-refractivity contribution >= 4 is 6.29 Å². The second-order valence-electron chi connectivity index (χ2n) is 4.66. The normalized spacial score (nSPS) is 11.9. The third-order valence-electron chi connectivity index (χ3n) is 2.86. The van der Waals surface area contributed by atoms with Crippen LogP contribution in [0.1, 0.15) is 15.9 Å². The van der Waals surface area contributed by atoms with E-state index in [0.29, 0.717) is 17.9 Å². The molecule has 2 rings (SSSR count). The number of hydrogen-bond donors (Lipinski definition) is 1. The fourth-order valence-corrected chi connectivity index (χ4v) is 1.81. The number of benzene rings is 2. The first kappa shape index (κ1) is 15.2. The summed E-state index contributed by atoms with van der Waals surface area (Å²) in [5, 5.41) is 9.80. The van der Waals surface area contributed by atoms with Gasteiger partial charge in [-0.1, -0.05) is 42.5 Å². The van der Waals surface area contributed by atoms with Crippen LogP contribution in [-0.2, 0) is 11.3 Å². The van der Waals surface area contributed by atoms with Crippen LogP contribution in [0.3, 0.4) is 0 Å². The molecule has 1 atom stereocenters. The molecule has 0 aliphatic heterocycles. The van der Waals surface area contributed by atoms with Crippen LogP contribution in [-0.4, -0.2) is 30.7 Å². The summed E-state index contributed by atoms with van der Waals surface area (Å²) in [5.41, 5.74) is 1.60. The molecule has 1 N–H and O–H groups in total. The molecule has 21 heavy (non-hydrogen) atoms. The summed E-state index contributed by atoms with van der Waals surface area (Å²) in [4.78, 5) is 10.6. The Hall–Kier alpha value is -2.17. The van der Waals surface area contributed by atoms with Crippen molar-refractivity contribution in [2.75, 3.05) is 13.2 Å². The quantitative estimate of drug-likeness (QED) is 0.757. The van der Waals surface area contributed by atoms with Crippen LogP contribution in [0.15, 0.2) is 54.6 Å². The van der Waals surface area contributed by atoms with Gasteiger partial charge in [0.05, 0.1) is 13.2 Å². The van der Waals surface area contributed by atoms with E-state index in [1.165, 1.54) is 0 Å². The molecule has 0 amide bonds. The molecule has 0 saturated carbocycles. The number of carbonyl (C=O) groups is 1. The highest BCUT2D eigenvalue weighted by molar-refractivity contribution is 5.75. The number of carbonyl (C=O) groups excluding carboxylic acids is 1. The highest BCUT2D eigenvalue weighted by Crippen LogP contribution is 2.12. The Kier molecular flexibility index (Phi) is 5.94. The maximum atomic E-state index is 10.6. The SMILES string of the molecule is O=Cc1cccc(OCC(O)COCc2ccccc2)c1. The maximum absolute atomic E-state index is 10.6. The van der Waals surface area contributed by atoms with Crippen LogP contribution in [0.2, 0.25) is 0 Å². The molecule has 2 aromatic carbocycles. The Morgan fingerprint density at radius 3 is 2.62 bits per heavy atom. The van der Waals surface area contributed by atoms with Crippen molar-refractivity contribution in [3.05, 3.63) is 65.7 Å². The van der Waals surface area contributed by atoms with Crippen molar-refractivity contribution in [1.82, 2.24) is 0 Å². The van der Waals surface area contributed by atoms with Gasteiger partial charge in [-0.15, -0.1) is 0 Å². The second kappa shape index (κ2) is 8.19. The first-order valence-corrected chi connectivity index (χ1v) is 6.75. The lowest BCUT2D eigenvalue weighted by molar-refractivity contribution is 0.00548. The molecule has 0 aromatic heterocycles. The second-order valence-corrected chi connectivity index (χ2v) is 4.66. The van der Waals surface area contributed by atoms with Gasteiger partial charge in [0, 0.05) is 5.56 Å². The highest BCUT2D eigenvalue weighted by Gasteiger charge is 2.06. The van der Waals surface area contributed by atoms with E-state index < -0.39 is 6.10 Å². The molecule has 110 valence electrons. The molecule has 0 aliphatic rings. The third kappa shape index (κ3) is 5.38. The molecule has 0 saturated heterocycles. The number of rotatable bonds is 8. The van der Waals surface area contributed by atoms with Crippen LogP contribution < -0.4 is 4.74 Å². The number of aldehydes is 1. The van der Waals surface area contributed by atoms with Crippen molar-refractivity contribution in [3.63, 3.8) is 0 Å². The first-order chi connectivity index (χ1) is 10.3. The summed E-state index contributed by atoms with van der Waals surface area (Å²) in [6, 6.07) is 16.6. The van der Waals surface area contributed by atoms with Gasteiger partial charge in [0.15, 0.2) is 0 Å². The van der Waals surface area contributed by atoms with Crippen molar-refractivity contribution < 1.29 is 19.4 Å². The van der Waals surface area contributed by atoms with Crippen molar-refractivity contribution in [3.8, 4) is 5.75 Å². The van der Waals surface area contributed by atoms with E-state index >= 15 is 0 Å². The summed E-state index contributed by atoms with van der Waals surface area (Å²) < 4.78 is 10.9. The average Bonchev–Trinajstić information content (AvgIpc) is 2.54. The topological polar surface area (TPSA) is 55.8 Å². The summed E-state index contributed by atoms with van der Waals surface area (Å²) in [7, 11) is 0. The fourth-order valence-electron chi connectivity index (χ4n) is 1.81. The van der Waals surface area contributed by atoms with Crippen molar-refractivity contribution in [2.45, 2.75) is 12.7 Å². The summed E-state index contributed by atoms with van der Waals surface area (Å²) in [5.74, 6) is 0.557. The van der Waals surface area contributed by atoms with Gasteiger partial charge < -0.3 is 14.6 Å². The Balaban J connectivity index is 1.69. The van der Waals surface area contributed by atoms with E-state index in [1.807, 2.05) is 30.3 Å². The summed E-state index contributed by atoms with van der Waals surface area (Å²) in [6.07, 6.45) is 0.0420. The van der Waals surface area contributed by atoms with E-state index in [4.69, 9.17) is 9.47 Å². The van der Waals surface area contributed by atoms with Crippen molar-refractivity contribution in [1.29, 1.82) is 0 Å². The van der Waals surface area contributed by atoms with Gasteiger partial charge in [-0.05, 0) is 17.7 Å². The highest BCUT2D eigenvalue weighted by atomic mass is 16.5. The van der Waals surface area contributed by atoms with E-state index in [0.717, 1.165) is 11.8 Å². The van der Waals surface area contributed by atoms with Crippen LogP contribution in [0, 0.1) is 0 Å². The zero-order chi connectivity index (χ0) is 14.9. The number of hydrogen-bond acceptors (Lipinski definition) is 4. The Labute approximate surface area is 123 Å². The number of aliphatic hydroxyl groups is 1. The maximum Gasteiger partial charge on any atom is 0.150 e. The molecular weight excluding hydrogens is 268 g/mol. The van der Waals surface area contributed by atoms with Gasteiger partial charge >= 0.3 is 0 Å². The Morgan fingerprint density at radius 2 is 1.86 bits per heavy atom. The lowest BCUT2D eigenvalue weighted by atomic mass is 10.2. The van der Waals surface area contributed by atoms with E-state index in [2.05, 4.69) is 0 Å². The van der Waals surface area contributed by atoms with Gasteiger partial charge in [-0.2, -0.15) is 0 Å². The molecule has 4 heteroatoms. The van der Waals surface area contributed by atoms with E-state index in [9.17, 15) is 9.90 Å². The molecular formula is C17H18O4. The van der Waals surface area contributed by atoms with Gasteiger partial charge in [-0.3, -0.25) is 4.79 Å². The van der Waals surface area contributed by atoms with Gasteiger partial charge in [-0.25, -0.2) is 0 Å². The predicted molar refractivity (Wildman–Crippen MR) is 79.4 cm³/mol. The Morgan fingerprint density at radius 1 is 1.05 bits per heavy atom. The smallest absolute Gasteiger partial charge is 0.150 e. The van der Waals surface area contributed by atoms with Crippen LogP contribution in [0.4, 0.5) is 0 Å². The summed E-state index contributed by atoms with van der Waals surface area (Å²) >= 11 is 0. The molecule has 4 nitrogen and oxygen atoms in total. The molecule has 0 aliphatic carbocycles. The molecule has 0 spiro atoms. The molecule has 0 bridgehead atoms. The van der Waals surface area contributed by atoms with Gasteiger partial charge in [0.1, 0.15) is 24.7 Å². The number of ether oxygens (including phenoxy) is 2. The van der Waals surface area contributed by atoms with Crippen LogP contribution in [0.25, 0.3) is 0 Å². The average molecular weight is 286 g/mol. The minimum Gasteiger partial charge on any atom is -0.491 e. The minimum absolute atomic E-state index is 0.122. The zero-order valence-electron chi connectivity index (χ0n) is 11.6. The molecule has 1 unspecified atom stereocenters. The molecule has 0 radical (unpaired) electrons. The first-order valence-electron chi connectivity index (χ1n) is 6.75. The standard InChI is InChI=1S/C17H18O4/c18-10-15-7-4-8-17(9-15)21-13-16(19)12-20-11-14-5-2-1-3-6-14/h1-10,16,19H,11-13H2. The summed E-state index contributed by atoms with van der Waals surface area (Å²) in [6.45, 7) is 0.776. The minimum atomic E-state index is -0.714. The largest absolute Gasteiger partial charge is 0.491 e. The monoisotopic (exact) mass is 286 g/mol. The lowest BCUT2D eigenvalue weighted by Crippen LogP contribution is -2.23. The predicted octanol–water partition coefficient (Wildman–Crippen LogP) is 2.46. The molecule has 0 fully saturated rings. The Bertz CT molecular complexity index is 554. The molecule has 0 heterocycles. The van der Waals surface area contributed by atoms with Crippen LogP contribution in [0.5, 0.6) is 5.75 Å². The lowest BCUT2D eigenvalue weighted by Gasteiger charge is -2.13. The van der Waals surface area contributed by atoms with Crippen LogP contribution >= 0.6 is 0 Å². The number of aliphatic hydroxyl groups excluding tert-OH is 1.